The number of rotatable bonds is 5. The molecule has 1 N–H and O–H groups in total. The van der Waals surface area contributed by atoms with E-state index in [1.165, 1.54) is 30.3 Å². The minimum atomic E-state index is -0.871. The van der Waals surface area contributed by atoms with Gasteiger partial charge in [-0.3, -0.25) is 14.9 Å². The molecule has 0 heterocycles. The number of ether oxygens (including phenoxy) is 1. The topological polar surface area (TPSA) is 98.5 Å². The summed E-state index contributed by atoms with van der Waals surface area (Å²) in [4.78, 5) is 33.9. The number of benzene rings is 2. The van der Waals surface area contributed by atoms with Crippen molar-refractivity contribution in [1.82, 2.24) is 0 Å². The summed E-state index contributed by atoms with van der Waals surface area (Å²) in [6.07, 6.45) is 0. The molecule has 124 valence electrons. The van der Waals surface area contributed by atoms with Crippen LogP contribution < -0.4 is 5.32 Å². The summed E-state index contributed by atoms with van der Waals surface area (Å²) in [6, 6.07) is 9.17. The van der Waals surface area contributed by atoms with E-state index in [2.05, 4.69) is 5.32 Å². The van der Waals surface area contributed by atoms with Crippen molar-refractivity contribution in [2.24, 2.45) is 0 Å². The molecule has 0 saturated carbocycles. The van der Waals surface area contributed by atoms with Gasteiger partial charge in [-0.2, -0.15) is 0 Å². The summed E-state index contributed by atoms with van der Waals surface area (Å²) in [5.41, 5.74) is 0.229. The number of nitrogens with one attached hydrogen (secondary N) is 1. The van der Waals surface area contributed by atoms with E-state index in [4.69, 9.17) is 4.74 Å². The number of carbonyl (C=O) groups is 2. The molecule has 0 fully saturated rings. The van der Waals surface area contributed by atoms with Gasteiger partial charge in [0.25, 0.3) is 11.6 Å². The first-order chi connectivity index (χ1) is 11.4. The molecule has 8 heteroatoms. The fraction of sp³-hybridized carbons (Fsp3) is 0.125. The third-order valence-electron chi connectivity index (χ3n) is 3.11. The number of nitro groups is 1. The van der Waals surface area contributed by atoms with E-state index in [0.717, 1.165) is 6.07 Å². The number of amides is 1. The van der Waals surface area contributed by atoms with E-state index < -0.39 is 29.2 Å². The molecule has 0 atom stereocenters. The predicted molar refractivity (Wildman–Crippen MR) is 83.1 cm³/mol. The summed E-state index contributed by atoms with van der Waals surface area (Å²) in [7, 11) is 0. The molecular weight excluding hydrogens is 319 g/mol. The quantitative estimate of drug-likeness (QED) is 0.516. The minimum Gasteiger partial charge on any atom is -0.452 e. The highest BCUT2D eigenvalue weighted by molar-refractivity contribution is 5.97. The number of nitro benzene ring substituents is 1. The van der Waals surface area contributed by atoms with Gasteiger partial charge in [0.15, 0.2) is 6.61 Å². The summed E-state index contributed by atoms with van der Waals surface area (Å²) in [5, 5.41) is 13.3. The Labute approximate surface area is 136 Å². The monoisotopic (exact) mass is 332 g/mol. The van der Waals surface area contributed by atoms with Crippen molar-refractivity contribution in [3.63, 3.8) is 0 Å². The smallest absolute Gasteiger partial charge is 0.338 e. The van der Waals surface area contributed by atoms with E-state index in [-0.39, 0.29) is 16.9 Å². The highest BCUT2D eigenvalue weighted by Crippen LogP contribution is 2.27. The Morgan fingerprint density at radius 2 is 1.96 bits per heavy atom. The highest BCUT2D eigenvalue weighted by Gasteiger charge is 2.18. The first kappa shape index (κ1) is 17.1. The molecule has 1 amide bonds. The molecule has 0 aliphatic carbocycles. The van der Waals surface area contributed by atoms with Gasteiger partial charge in [-0.15, -0.1) is 0 Å². The first-order valence-electron chi connectivity index (χ1n) is 6.85. The molecule has 0 aromatic heterocycles. The number of esters is 1. The Balaban J connectivity index is 2.02. The van der Waals surface area contributed by atoms with Crippen molar-refractivity contribution in [2.75, 3.05) is 11.9 Å². The van der Waals surface area contributed by atoms with E-state index in [0.29, 0.717) is 5.56 Å². The summed E-state index contributed by atoms with van der Waals surface area (Å²) in [6.45, 7) is 0.947. The van der Waals surface area contributed by atoms with Crippen LogP contribution in [0.2, 0.25) is 0 Å². The Kier molecular flexibility index (Phi) is 5.20. The molecule has 7 nitrogen and oxygen atoms in total. The zero-order valence-electron chi connectivity index (χ0n) is 12.6. The van der Waals surface area contributed by atoms with Crippen molar-refractivity contribution in [1.29, 1.82) is 0 Å². The second-order valence-electron chi connectivity index (χ2n) is 4.86. The van der Waals surface area contributed by atoms with Gasteiger partial charge < -0.3 is 10.1 Å². The number of hydrogen-bond acceptors (Lipinski definition) is 5. The fourth-order valence-corrected chi connectivity index (χ4v) is 1.97. The number of aryl methyl sites for hydroxylation is 1. The normalized spacial score (nSPS) is 10.1. The van der Waals surface area contributed by atoms with Gasteiger partial charge in [-0.05, 0) is 30.7 Å². The number of anilines is 1. The van der Waals surface area contributed by atoms with Crippen LogP contribution >= 0.6 is 0 Å². The minimum absolute atomic E-state index is 0.0364. The molecule has 0 saturated heterocycles. The van der Waals surface area contributed by atoms with Crippen LogP contribution in [0.3, 0.4) is 0 Å². The van der Waals surface area contributed by atoms with Crippen molar-refractivity contribution in [3.8, 4) is 0 Å². The zero-order chi connectivity index (χ0) is 17.7. The lowest BCUT2D eigenvalue weighted by atomic mass is 10.1. The van der Waals surface area contributed by atoms with Gasteiger partial charge in [0.2, 0.25) is 0 Å². The van der Waals surface area contributed by atoms with Crippen LogP contribution in [-0.2, 0) is 9.53 Å². The predicted octanol–water partition coefficient (Wildman–Crippen LogP) is 2.84. The van der Waals surface area contributed by atoms with Gasteiger partial charge in [-0.1, -0.05) is 18.2 Å². The lowest BCUT2D eigenvalue weighted by molar-refractivity contribution is -0.384. The molecular formula is C16H13FN2O5. The molecule has 2 rings (SSSR count). The van der Waals surface area contributed by atoms with Crippen molar-refractivity contribution >= 4 is 23.3 Å². The maximum Gasteiger partial charge on any atom is 0.338 e. The maximum atomic E-state index is 13.0. The molecule has 0 spiro atoms. The fourth-order valence-electron chi connectivity index (χ4n) is 1.97. The third kappa shape index (κ3) is 4.13. The van der Waals surface area contributed by atoms with Crippen molar-refractivity contribution < 1.29 is 23.6 Å². The molecule has 2 aromatic carbocycles. The summed E-state index contributed by atoms with van der Waals surface area (Å²) >= 11 is 0. The van der Waals surface area contributed by atoms with E-state index in [9.17, 15) is 24.1 Å². The molecule has 0 bridgehead atoms. The molecule has 0 radical (unpaired) electrons. The molecule has 2 aromatic rings. The average molecular weight is 332 g/mol. The van der Waals surface area contributed by atoms with Crippen LogP contribution in [0.1, 0.15) is 15.9 Å². The maximum absolute atomic E-state index is 13.0. The SMILES string of the molecule is Cc1cccc([N+](=O)[O-])c1NC(=O)COC(=O)c1cccc(F)c1. The first-order valence-corrected chi connectivity index (χ1v) is 6.85. The Bertz CT molecular complexity index is 807. The van der Waals surface area contributed by atoms with Crippen LogP contribution in [0.25, 0.3) is 0 Å². The molecule has 0 aliphatic rings. The number of para-hydroxylation sites is 1. The standard InChI is InChI=1S/C16H13FN2O5/c1-10-4-2-7-13(19(22)23)15(10)18-14(20)9-24-16(21)11-5-3-6-12(17)8-11/h2-8H,9H2,1H3,(H,18,20). The van der Waals surface area contributed by atoms with Crippen LogP contribution in [0.15, 0.2) is 42.5 Å². The van der Waals surface area contributed by atoms with Gasteiger partial charge in [0, 0.05) is 6.07 Å². The Hall–Kier alpha value is -3.29. The molecule has 24 heavy (non-hydrogen) atoms. The second-order valence-corrected chi connectivity index (χ2v) is 4.86. The van der Waals surface area contributed by atoms with Gasteiger partial charge >= 0.3 is 5.97 Å². The van der Waals surface area contributed by atoms with E-state index >= 15 is 0 Å². The zero-order valence-corrected chi connectivity index (χ0v) is 12.6. The Morgan fingerprint density at radius 1 is 1.25 bits per heavy atom. The Morgan fingerprint density at radius 3 is 2.62 bits per heavy atom. The van der Waals surface area contributed by atoms with Crippen LogP contribution in [0.5, 0.6) is 0 Å². The van der Waals surface area contributed by atoms with E-state index in [1.54, 1.807) is 13.0 Å². The van der Waals surface area contributed by atoms with E-state index in [1.807, 2.05) is 0 Å². The number of halogens is 1. The summed E-state index contributed by atoms with van der Waals surface area (Å²) < 4.78 is 17.8. The highest BCUT2D eigenvalue weighted by atomic mass is 19.1. The van der Waals surface area contributed by atoms with Gasteiger partial charge in [0.05, 0.1) is 10.5 Å². The van der Waals surface area contributed by atoms with Gasteiger partial charge in [-0.25, -0.2) is 9.18 Å². The number of carbonyl (C=O) groups excluding carboxylic acids is 2. The van der Waals surface area contributed by atoms with Crippen molar-refractivity contribution in [3.05, 3.63) is 69.5 Å². The molecule has 0 aliphatic heterocycles. The third-order valence-corrected chi connectivity index (χ3v) is 3.11. The summed E-state index contributed by atoms with van der Waals surface area (Å²) in [5.74, 6) is -2.22. The van der Waals surface area contributed by atoms with Crippen LogP contribution in [0, 0.1) is 22.9 Å². The second kappa shape index (κ2) is 7.32. The lowest BCUT2D eigenvalue weighted by Gasteiger charge is -2.09. The van der Waals surface area contributed by atoms with Crippen LogP contribution in [0.4, 0.5) is 15.8 Å². The largest absolute Gasteiger partial charge is 0.452 e. The number of hydrogen-bond donors (Lipinski definition) is 1. The van der Waals surface area contributed by atoms with Crippen molar-refractivity contribution in [2.45, 2.75) is 6.92 Å². The average Bonchev–Trinajstić information content (AvgIpc) is 2.54. The lowest BCUT2D eigenvalue weighted by Crippen LogP contribution is -2.22. The molecule has 0 unspecified atom stereocenters. The van der Waals surface area contributed by atoms with Crippen LogP contribution in [-0.4, -0.2) is 23.4 Å². The number of nitrogens with zero attached hydrogens (tertiary/aromatic N) is 1. The van der Waals surface area contributed by atoms with Gasteiger partial charge in [0.1, 0.15) is 11.5 Å².